The molecule has 2 bridgehead atoms. The Labute approximate surface area is 204 Å². The van der Waals surface area contributed by atoms with Crippen molar-refractivity contribution in [3.05, 3.63) is 0 Å². The van der Waals surface area contributed by atoms with E-state index in [4.69, 9.17) is 5.73 Å². The molecular weight excluding hydrogens is 432 g/mol. The number of fused-ring (bicyclic) bond motifs is 2. The van der Waals surface area contributed by atoms with Crippen LogP contribution in [0.3, 0.4) is 0 Å². The summed E-state index contributed by atoms with van der Waals surface area (Å²) in [4.78, 5) is 37.9. The second-order valence-corrected chi connectivity index (χ2v) is 11.8. The first-order chi connectivity index (χ1) is 16.1. The van der Waals surface area contributed by atoms with E-state index in [9.17, 15) is 19.5 Å². The zero-order valence-electron chi connectivity index (χ0n) is 21.3. The lowest BCUT2D eigenvalue weighted by Gasteiger charge is -2.40. The van der Waals surface area contributed by atoms with Crippen LogP contribution >= 0.6 is 0 Å². The highest BCUT2D eigenvalue weighted by molar-refractivity contribution is 5.89. The van der Waals surface area contributed by atoms with Gasteiger partial charge in [0.05, 0.1) is 0 Å². The highest BCUT2D eigenvalue weighted by atomic mass is 16.4. The van der Waals surface area contributed by atoms with Crippen molar-refractivity contribution in [3.63, 3.8) is 0 Å². The molecule has 194 valence electrons. The van der Waals surface area contributed by atoms with Crippen LogP contribution in [0.15, 0.2) is 0 Å². The molecule has 3 fully saturated rings. The normalized spacial score (nSPS) is 29.9. The predicted octanol–water partition coefficient (Wildman–Crippen LogP) is 3.54. The number of amides is 3. The molecule has 3 saturated carbocycles. The molecular formula is C26H46N4O4. The summed E-state index contributed by atoms with van der Waals surface area (Å²) in [6.07, 6.45) is 11.2. The smallest absolute Gasteiger partial charge is 0.326 e. The maximum Gasteiger partial charge on any atom is 0.326 e. The average Bonchev–Trinajstić information content (AvgIpc) is 3.12. The van der Waals surface area contributed by atoms with Crippen molar-refractivity contribution in [2.45, 2.75) is 116 Å². The number of unbranched alkanes of at least 4 members (excludes halogenated alkanes) is 1. The van der Waals surface area contributed by atoms with Gasteiger partial charge in [0.2, 0.25) is 5.91 Å². The lowest BCUT2D eigenvalue weighted by molar-refractivity contribution is -0.139. The van der Waals surface area contributed by atoms with Gasteiger partial charge >= 0.3 is 12.0 Å². The number of hydrogen-bond donors (Lipinski definition) is 5. The monoisotopic (exact) mass is 478 g/mol. The fourth-order valence-corrected chi connectivity index (χ4v) is 6.79. The van der Waals surface area contributed by atoms with Crippen LogP contribution in [-0.4, -0.2) is 47.7 Å². The zero-order valence-corrected chi connectivity index (χ0v) is 21.3. The van der Waals surface area contributed by atoms with Crippen LogP contribution in [0.5, 0.6) is 0 Å². The lowest BCUT2D eigenvalue weighted by Crippen LogP contribution is -2.57. The number of carboxylic acid groups (broad SMARTS) is 1. The number of nitrogens with two attached hydrogens (primary N) is 1. The van der Waals surface area contributed by atoms with Crippen molar-refractivity contribution in [3.8, 4) is 0 Å². The highest BCUT2D eigenvalue weighted by Gasteiger charge is 2.61. The first kappa shape index (κ1) is 26.8. The van der Waals surface area contributed by atoms with Gasteiger partial charge in [0, 0.05) is 6.04 Å². The van der Waals surface area contributed by atoms with Gasteiger partial charge in [-0.25, -0.2) is 9.59 Å². The van der Waals surface area contributed by atoms with Crippen LogP contribution in [0.2, 0.25) is 0 Å². The molecule has 0 heterocycles. The Morgan fingerprint density at radius 2 is 1.68 bits per heavy atom. The van der Waals surface area contributed by atoms with Gasteiger partial charge in [-0.05, 0) is 74.2 Å². The maximum absolute atomic E-state index is 13.5. The van der Waals surface area contributed by atoms with Gasteiger partial charge in [0.15, 0.2) is 0 Å². The number of carbonyl (C=O) groups is 3. The first-order valence-corrected chi connectivity index (χ1v) is 13.4. The Hall–Kier alpha value is -1.83. The Kier molecular flexibility index (Phi) is 8.87. The topological polar surface area (TPSA) is 134 Å². The van der Waals surface area contributed by atoms with E-state index in [0.29, 0.717) is 44.1 Å². The Morgan fingerprint density at radius 1 is 1.00 bits per heavy atom. The fourth-order valence-electron chi connectivity index (χ4n) is 6.79. The van der Waals surface area contributed by atoms with Crippen LogP contribution in [0.25, 0.3) is 0 Å². The third kappa shape index (κ3) is 5.86. The van der Waals surface area contributed by atoms with E-state index in [1.165, 1.54) is 12.8 Å². The van der Waals surface area contributed by atoms with E-state index < -0.39 is 24.1 Å². The second kappa shape index (κ2) is 11.3. The molecule has 3 amide bonds. The number of carbonyl (C=O) groups excluding carboxylic acids is 2. The summed E-state index contributed by atoms with van der Waals surface area (Å²) in [5.74, 6) is -0.194. The van der Waals surface area contributed by atoms with Crippen molar-refractivity contribution in [2.75, 3.05) is 6.54 Å². The van der Waals surface area contributed by atoms with Crippen molar-refractivity contribution >= 4 is 17.9 Å². The first-order valence-electron chi connectivity index (χ1n) is 13.4. The van der Waals surface area contributed by atoms with E-state index in [1.807, 2.05) is 0 Å². The molecule has 0 aromatic heterocycles. The molecule has 0 aromatic rings. The summed E-state index contributed by atoms with van der Waals surface area (Å²) in [6, 6.07) is -2.13. The summed E-state index contributed by atoms with van der Waals surface area (Å²) in [5, 5.41) is 18.2. The largest absolute Gasteiger partial charge is 0.480 e. The second-order valence-electron chi connectivity index (χ2n) is 11.8. The minimum absolute atomic E-state index is 0.0579. The van der Waals surface area contributed by atoms with Crippen LogP contribution in [0.4, 0.5) is 4.79 Å². The van der Waals surface area contributed by atoms with Crippen molar-refractivity contribution in [1.29, 1.82) is 0 Å². The number of nitrogens with one attached hydrogen (secondary N) is 3. The van der Waals surface area contributed by atoms with Crippen LogP contribution < -0.4 is 21.7 Å². The van der Waals surface area contributed by atoms with E-state index in [2.05, 4.69) is 36.7 Å². The van der Waals surface area contributed by atoms with Gasteiger partial charge < -0.3 is 26.8 Å². The number of carboxylic acids is 1. The van der Waals surface area contributed by atoms with E-state index in [-0.39, 0.29) is 22.8 Å². The third-order valence-electron chi connectivity index (χ3n) is 9.58. The van der Waals surface area contributed by atoms with Crippen LogP contribution in [0.1, 0.15) is 97.8 Å². The van der Waals surface area contributed by atoms with Crippen molar-refractivity contribution in [2.24, 2.45) is 28.4 Å². The Bertz CT molecular complexity index is 736. The molecule has 8 heteroatoms. The van der Waals surface area contributed by atoms with Crippen LogP contribution in [0, 0.1) is 22.7 Å². The van der Waals surface area contributed by atoms with Crippen molar-refractivity contribution in [1.82, 2.24) is 16.0 Å². The Balaban J connectivity index is 1.65. The summed E-state index contributed by atoms with van der Waals surface area (Å²) >= 11 is 0. The minimum Gasteiger partial charge on any atom is -0.480 e. The molecule has 0 aliphatic heterocycles. The molecule has 6 N–H and O–H groups in total. The highest BCUT2D eigenvalue weighted by Crippen LogP contribution is 2.65. The molecule has 34 heavy (non-hydrogen) atoms. The number of rotatable bonds is 11. The standard InChI is InChI=1S/C26H46N4O4/c1-25(2)18-12-13-26(25,3)21(16-18)30-22(31)20(15-17-9-5-4-6-10-17)29-24(34)28-19(23(32)33)11-7-8-14-27/h17-21H,4-16,27H2,1-3H3,(H,30,31)(H,32,33)(H2,28,29,34)/t18?,19-,20+,21?,26?/m0/s1. The molecule has 3 aliphatic rings. The Morgan fingerprint density at radius 3 is 2.24 bits per heavy atom. The third-order valence-corrected chi connectivity index (χ3v) is 9.58. The molecule has 8 nitrogen and oxygen atoms in total. The summed E-state index contributed by atoms with van der Waals surface area (Å²) in [6.45, 7) is 7.41. The predicted molar refractivity (Wildman–Crippen MR) is 132 cm³/mol. The fraction of sp³-hybridized carbons (Fsp3) is 0.885. The van der Waals surface area contributed by atoms with E-state index in [0.717, 1.165) is 38.5 Å². The average molecular weight is 479 g/mol. The quantitative estimate of drug-likeness (QED) is 0.290. The van der Waals surface area contributed by atoms with Crippen LogP contribution in [-0.2, 0) is 9.59 Å². The lowest BCUT2D eigenvalue weighted by atomic mass is 9.69. The summed E-state index contributed by atoms with van der Waals surface area (Å²) < 4.78 is 0. The molecule has 3 aliphatic carbocycles. The van der Waals surface area contributed by atoms with E-state index >= 15 is 0 Å². The molecule has 0 aromatic carbocycles. The molecule has 3 unspecified atom stereocenters. The van der Waals surface area contributed by atoms with E-state index in [1.54, 1.807) is 0 Å². The zero-order chi connectivity index (χ0) is 24.9. The number of hydrogen-bond acceptors (Lipinski definition) is 4. The van der Waals surface area contributed by atoms with Gasteiger partial charge in [-0.2, -0.15) is 0 Å². The molecule has 0 spiro atoms. The van der Waals surface area contributed by atoms with Crippen molar-refractivity contribution < 1.29 is 19.5 Å². The van der Waals surface area contributed by atoms with Gasteiger partial charge in [0.1, 0.15) is 12.1 Å². The minimum atomic E-state index is -1.07. The SMILES string of the molecule is CC1(C)C2CCC1(C)C(NC(=O)[C@@H](CC1CCCCC1)NC(=O)N[C@@H](CCCCN)C(=O)O)C2. The number of aliphatic carboxylic acids is 1. The van der Waals surface area contributed by atoms with Gasteiger partial charge in [-0.15, -0.1) is 0 Å². The van der Waals surface area contributed by atoms with Gasteiger partial charge in [-0.1, -0.05) is 52.9 Å². The molecule has 0 saturated heterocycles. The van der Waals surface area contributed by atoms with Gasteiger partial charge in [-0.3, -0.25) is 4.79 Å². The number of urea groups is 1. The molecule has 5 atom stereocenters. The summed E-state index contributed by atoms with van der Waals surface area (Å²) in [7, 11) is 0. The van der Waals surface area contributed by atoms with Gasteiger partial charge in [0.25, 0.3) is 0 Å². The molecule has 3 rings (SSSR count). The summed E-state index contributed by atoms with van der Waals surface area (Å²) in [5.41, 5.74) is 5.75. The maximum atomic E-state index is 13.5. The molecule has 0 radical (unpaired) electrons.